The highest BCUT2D eigenvalue weighted by atomic mass is 31.2. The Morgan fingerprint density at radius 1 is 0.875 bits per heavy atom. The van der Waals surface area contributed by atoms with Crippen LogP contribution in [-0.4, -0.2) is 71.7 Å². The van der Waals surface area contributed by atoms with Gasteiger partial charge in [0.25, 0.3) is 0 Å². The molecule has 12 heteroatoms. The number of hydrogen-bond donors (Lipinski definition) is 0. The standard InChI is InChI=1S/C36H43N4O7P/c1-5-38-18-9-13-31(23-38)35(41)44-26-46-48(43,40-25-30(17-20-37(3)4)33-21-28(2)15-16-34(33)40)47-27-45-36(42)32-14-10-19-39(24-32)22-29-11-7-6-8-12-29/h6-12,15-16,18-19,21,23-25H,5,13-14,17,20,22,26-27H2,1-4H3. The van der Waals surface area contributed by atoms with Gasteiger partial charge >= 0.3 is 19.7 Å². The summed E-state index contributed by atoms with van der Waals surface area (Å²) in [6.07, 6.45) is 14.2. The molecule has 0 aliphatic carbocycles. The molecule has 0 radical (unpaired) electrons. The molecule has 3 heterocycles. The number of carbonyl (C=O) groups excluding carboxylic acids is 2. The Hall–Kier alpha value is -4.41. The molecule has 0 fully saturated rings. The molecular weight excluding hydrogens is 631 g/mol. The summed E-state index contributed by atoms with van der Waals surface area (Å²) in [5.74, 6) is -1.19. The summed E-state index contributed by atoms with van der Waals surface area (Å²) in [5, 5.41) is 0.898. The number of carbonyl (C=O) groups is 2. The molecule has 2 aliphatic heterocycles. The number of rotatable bonds is 15. The lowest BCUT2D eigenvalue weighted by atomic mass is 10.1. The molecule has 0 saturated heterocycles. The molecule has 1 atom stereocenters. The first kappa shape index (κ1) is 34.9. The van der Waals surface area contributed by atoms with Crippen molar-refractivity contribution >= 4 is 30.6 Å². The minimum atomic E-state index is -4.27. The fourth-order valence-corrected chi connectivity index (χ4v) is 6.78. The zero-order valence-electron chi connectivity index (χ0n) is 27.9. The van der Waals surface area contributed by atoms with Gasteiger partial charge in [0.05, 0.1) is 16.7 Å². The number of nitrogens with zero attached hydrogens (tertiary/aromatic N) is 4. The van der Waals surface area contributed by atoms with E-state index in [2.05, 4.69) is 4.90 Å². The van der Waals surface area contributed by atoms with Crippen molar-refractivity contribution in [3.63, 3.8) is 0 Å². The molecule has 254 valence electrons. The van der Waals surface area contributed by atoms with Gasteiger partial charge in [0.1, 0.15) is 0 Å². The second kappa shape index (κ2) is 16.1. The van der Waals surface area contributed by atoms with E-state index >= 15 is 0 Å². The third-order valence-corrected chi connectivity index (χ3v) is 9.66. The summed E-state index contributed by atoms with van der Waals surface area (Å²) in [7, 11) is -0.294. The third-order valence-electron chi connectivity index (χ3n) is 7.94. The number of likely N-dealkylation sites (N-methyl/N-ethyl adjacent to an activating group) is 1. The molecule has 0 spiro atoms. The van der Waals surface area contributed by atoms with Gasteiger partial charge in [-0.25, -0.2) is 14.2 Å². The van der Waals surface area contributed by atoms with E-state index in [-0.39, 0.29) is 0 Å². The molecule has 2 aromatic carbocycles. The highest BCUT2D eigenvalue weighted by Gasteiger charge is 2.32. The maximum Gasteiger partial charge on any atom is 0.445 e. The Kier molecular flexibility index (Phi) is 11.7. The van der Waals surface area contributed by atoms with Crippen molar-refractivity contribution in [1.29, 1.82) is 0 Å². The van der Waals surface area contributed by atoms with Gasteiger partial charge in [0.15, 0.2) is 0 Å². The summed E-state index contributed by atoms with van der Waals surface area (Å²) in [4.78, 5) is 31.8. The molecule has 11 nitrogen and oxygen atoms in total. The maximum absolute atomic E-state index is 14.6. The van der Waals surface area contributed by atoms with Gasteiger partial charge in [-0.05, 0) is 63.8 Å². The Labute approximate surface area is 281 Å². The Balaban J connectivity index is 1.33. The molecule has 0 saturated carbocycles. The lowest BCUT2D eigenvalue weighted by molar-refractivity contribution is -0.147. The minimum absolute atomic E-state index is 0.381. The first-order valence-electron chi connectivity index (χ1n) is 15.9. The number of benzene rings is 2. The Morgan fingerprint density at radius 2 is 1.50 bits per heavy atom. The van der Waals surface area contributed by atoms with Crippen molar-refractivity contribution in [2.45, 2.75) is 39.7 Å². The summed E-state index contributed by atoms with van der Waals surface area (Å²) in [6.45, 7) is 4.72. The van der Waals surface area contributed by atoms with Gasteiger partial charge in [-0.15, -0.1) is 0 Å². The molecule has 0 amide bonds. The predicted octanol–water partition coefficient (Wildman–Crippen LogP) is 6.47. The Morgan fingerprint density at radius 3 is 2.12 bits per heavy atom. The topological polar surface area (TPSA) is 103 Å². The van der Waals surface area contributed by atoms with E-state index in [1.165, 1.54) is 4.34 Å². The summed E-state index contributed by atoms with van der Waals surface area (Å²) >= 11 is 0. The summed E-state index contributed by atoms with van der Waals surface area (Å²) in [5.41, 5.74) is 4.55. The van der Waals surface area contributed by atoms with E-state index in [9.17, 15) is 14.2 Å². The number of ether oxygens (including phenoxy) is 2. The molecule has 1 unspecified atom stereocenters. The number of hydrogen-bond acceptors (Lipinski definition) is 10. The smallest absolute Gasteiger partial charge is 0.434 e. The van der Waals surface area contributed by atoms with Crippen molar-refractivity contribution in [1.82, 2.24) is 19.0 Å². The predicted molar refractivity (Wildman–Crippen MR) is 184 cm³/mol. The van der Waals surface area contributed by atoms with Crippen LogP contribution in [0.3, 0.4) is 0 Å². The lowest BCUT2D eigenvalue weighted by Crippen LogP contribution is -2.19. The largest absolute Gasteiger partial charge is 0.445 e. The number of allylic oxidation sites excluding steroid dienone is 2. The fraction of sp³-hybridized carbons (Fsp3) is 0.333. The van der Waals surface area contributed by atoms with E-state index in [4.69, 9.17) is 18.5 Å². The molecule has 0 N–H and O–H groups in total. The van der Waals surface area contributed by atoms with Crippen molar-refractivity contribution in [3.8, 4) is 0 Å². The first-order chi connectivity index (χ1) is 23.1. The SMILES string of the molecule is CCN1C=CCC(C(=O)OCOP(=O)(OCOC(=O)C2=CN(Cc3ccccc3)C=CC2)n2cc(CCN(C)C)c3cc(C)ccc32)=C1. The number of fused-ring (bicyclic) bond motifs is 1. The maximum atomic E-state index is 14.6. The van der Waals surface area contributed by atoms with E-state index in [1.54, 1.807) is 18.6 Å². The van der Waals surface area contributed by atoms with Crippen LogP contribution in [0.2, 0.25) is 0 Å². The number of aromatic nitrogens is 1. The monoisotopic (exact) mass is 674 g/mol. The van der Waals surface area contributed by atoms with Crippen LogP contribution in [0.4, 0.5) is 0 Å². The number of esters is 2. The summed E-state index contributed by atoms with van der Waals surface area (Å²) in [6, 6.07) is 15.7. The van der Waals surface area contributed by atoms with Crippen LogP contribution >= 0.6 is 7.75 Å². The van der Waals surface area contributed by atoms with Gasteiger partial charge in [-0.3, -0.25) is 13.4 Å². The van der Waals surface area contributed by atoms with Gasteiger partial charge < -0.3 is 24.2 Å². The lowest BCUT2D eigenvalue weighted by Gasteiger charge is -2.22. The van der Waals surface area contributed by atoms with Gasteiger partial charge in [0.2, 0.25) is 13.6 Å². The average Bonchev–Trinajstić information content (AvgIpc) is 3.46. The molecule has 3 aromatic rings. The Bertz CT molecular complexity index is 1780. The van der Waals surface area contributed by atoms with E-state index in [1.807, 2.05) is 111 Å². The quantitative estimate of drug-likeness (QED) is 0.101. The van der Waals surface area contributed by atoms with Gasteiger partial charge in [0, 0.05) is 62.7 Å². The molecule has 1 aromatic heterocycles. The zero-order valence-corrected chi connectivity index (χ0v) is 28.8. The van der Waals surface area contributed by atoms with Crippen LogP contribution in [0.1, 0.15) is 36.5 Å². The van der Waals surface area contributed by atoms with Crippen LogP contribution in [0.5, 0.6) is 0 Å². The fourth-order valence-electron chi connectivity index (χ4n) is 5.36. The highest BCUT2D eigenvalue weighted by molar-refractivity contribution is 7.52. The van der Waals surface area contributed by atoms with E-state index < -0.39 is 33.3 Å². The van der Waals surface area contributed by atoms with Gasteiger partial charge in [-0.1, -0.05) is 54.1 Å². The second-order valence-corrected chi connectivity index (χ2v) is 13.8. The third kappa shape index (κ3) is 8.93. The highest BCUT2D eigenvalue weighted by Crippen LogP contribution is 2.52. The normalized spacial score (nSPS) is 15.8. The summed E-state index contributed by atoms with van der Waals surface area (Å²) < 4.78 is 38.5. The van der Waals surface area contributed by atoms with E-state index in [0.29, 0.717) is 49.0 Å². The molecule has 0 bridgehead atoms. The molecule has 5 rings (SSSR count). The molecular formula is C36H43N4O7P. The van der Waals surface area contributed by atoms with Crippen molar-refractivity contribution in [3.05, 3.63) is 120 Å². The minimum Gasteiger partial charge on any atom is -0.434 e. The molecule has 48 heavy (non-hydrogen) atoms. The van der Waals surface area contributed by atoms with Crippen LogP contribution in [-0.2, 0) is 45.6 Å². The van der Waals surface area contributed by atoms with Crippen molar-refractivity contribution in [2.75, 3.05) is 40.8 Å². The van der Waals surface area contributed by atoms with Gasteiger partial charge in [-0.2, -0.15) is 0 Å². The van der Waals surface area contributed by atoms with Crippen LogP contribution in [0.15, 0.2) is 103 Å². The van der Waals surface area contributed by atoms with Crippen LogP contribution in [0, 0.1) is 6.92 Å². The first-order valence-corrected chi connectivity index (χ1v) is 17.4. The van der Waals surface area contributed by atoms with E-state index in [0.717, 1.165) is 28.6 Å². The van der Waals surface area contributed by atoms with Crippen molar-refractivity contribution < 1.29 is 32.7 Å². The molecule has 2 aliphatic rings. The zero-order chi connectivity index (χ0) is 34.1. The van der Waals surface area contributed by atoms with Crippen molar-refractivity contribution in [2.24, 2.45) is 0 Å². The van der Waals surface area contributed by atoms with Crippen LogP contribution in [0.25, 0.3) is 10.9 Å². The van der Waals surface area contributed by atoms with Crippen LogP contribution < -0.4 is 0 Å². The average molecular weight is 675 g/mol. The number of aryl methyl sites for hydroxylation is 1. The second-order valence-electron chi connectivity index (χ2n) is 11.9.